The summed E-state index contributed by atoms with van der Waals surface area (Å²) in [5.74, 6) is 0.418. The highest BCUT2D eigenvalue weighted by Gasteiger charge is 2.32. The predicted molar refractivity (Wildman–Crippen MR) is 95.1 cm³/mol. The van der Waals surface area contributed by atoms with Crippen molar-refractivity contribution in [2.24, 2.45) is 0 Å². The number of morpholine rings is 1. The molecule has 2 aromatic rings. The molecule has 25 heavy (non-hydrogen) atoms. The predicted octanol–water partition coefficient (Wildman–Crippen LogP) is 1.44. The van der Waals surface area contributed by atoms with E-state index < -0.39 is 11.5 Å². The maximum absolute atomic E-state index is 12.5. The zero-order chi connectivity index (χ0) is 17.7. The third kappa shape index (κ3) is 3.97. The summed E-state index contributed by atoms with van der Waals surface area (Å²) >= 11 is 0. The van der Waals surface area contributed by atoms with Crippen LogP contribution in [0.2, 0.25) is 0 Å². The second-order valence-electron chi connectivity index (χ2n) is 6.21. The highest BCUT2D eigenvalue weighted by Crippen LogP contribution is 2.22. The van der Waals surface area contributed by atoms with Gasteiger partial charge in [-0.15, -0.1) is 0 Å². The van der Waals surface area contributed by atoms with Crippen molar-refractivity contribution in [3.63, 3.8) is 0 Å². The maximum atomic E-state index is 12.5. The van der Waals surface area contributed by atoms with Gasteiger partial charge >= 0.3 is 0 Å². The third-order valence-electron chi connectivity index (χ3n) is 4.40. The molecular weight excluding hydrogens is 318 g/mol. The van der Waals surface area contributed by atoms with Gasteiger partial charge in [0, 0.05) is 31.4 Å². The Morgan fingerprint density at radius 2 is 1.96 bits per heavy atom. The fraction of sp³-hybridized carbons (Fsp3) is 0.368. The molecule has 0 spiro atoms. The number of carbonyl (C=O) groups is 1. The molecule has 132 valence electrons. The minimum Gasteiger partial charge on any atom is -0.378 e. The Hall–Kier alpha value is -2.44. The fourth-order valence-corrected chi connectivity index (χ4v) is 2.87. The van der Waals surface area contributed by atoms with E-state index in [1.54, 1.807) is 30.5 Å². The molecule has 0 radical (unpaired) electrons. The first-order valence-corrected chi connectivity index (χ1v) is 8.42. The smallest absolute Gasteiger partial charge is 0.256 e. The number of hydrogen-bond donors (Lipinski definition) is 2. The van der Waals surface area contributed by atoms with Gasteiger partial charge in [0.1, 0.15) is 5.82 Å². The molecule has 1 amide bonds. The van der Waals surface area contributed by atoms with E-state index in [0.29, 0.717) is 25.3 Å². The molecule has 6 nitrogen and oxygen atoms in total. The summed E-state index contributed by atoms with van der Waals surface area (Å²) in [7, 11) is 0. The number of aromatic nitrogens is 1. The number of nitrogens with one attached hydrogen (secondary N) is 1. The van der Waals surface area contributed by atoms with Gasteiger partial charge in [0.25, 0.3) is 5.91 Å². The van der Waals surface area contributed by atoms with Crippen LogP contribution in [0.1, 0.15) is 18.1 Å². The molecule has 1 aliphatic heterocycles. The Labute approximate surface area is 147 Å². The summed E-state index contributed by atoms with van der Waals surface area (Å²) in [6.07, 6.45) is 1.75. The Bertz CT molecular complexity index is 713. The Morgan fingerprint density at radius 3 is 2.68 bits per heavy atom. The molecule has 0 saturated carbocycles. The third-order valence-corrected chi connectivity index (χ3v) is 4.40. The molecule has 1 aliphatic rings. The van der Waals surface area contributed by atoms with Gasteiger partial charge < -0.3 is 20.1 Å². The molecule has 1 aromatic carbocycles. The zero-order valence-electron chi connectivity index (χ0n) is 14.3. The largest absolute Gasteiger partial charge is 0.378 e. The number of benzene rings is 1. The fourth-order valence-electron chi connectivity index (χ4n) is 2.87. The van der Waals surface area contributed by atoms with E-state index in [9.17, 15) is 9.90 Å². The Morgan fingerprint density at radius 1 is 1.24 bits per heavy atom. The first-order valence-electron chi connectivity index (χ1n) is 8.42. The van der Waals surface area contributed by atoms with Crippen molar-refractivity contribution in [3.05, 3.63) is 59.8 Å². The zero-order valence-corrected chi connectivity index (χ0v) is 14.3. The standard InChI is InChI=1S/C19H23N3O3/c1-19(24,16-7-3-2-4-8-16)18(23)21-14-15-6-5-9-20-17(15)22-10-12-25-13-11-22/h2-9,24H,10-14H2,1H3,(H,21,23). The maximum Gasteiger partial charge on any atom is 0.256 e. The van der Waals surface area contributed by atoms with E-state index in [1.807, 2.05) is 18.2 Å². The van der Waals surface area contributed by atoms with E-state index in [2.05, 4.69) is 15.2 Å². The molecule has 1 aromatic heterocycles. The lowest BCUT2D eigenvalue weighted by atomic mass is 9.95. The Balaban J connectivity index is 1.70. The average molecular weight is 341 g/mol. The van der Waals surface area contributed by atoms with Crippen LogP contribution in [0.5, 0.6) is 0 Å². The number of aliphatic hydroxyl groups is 1. The van der Waals surface area contributed by atoms with Gasteiger partial charge in [0.15, 0.2) is 5.60 Å². The Kier molecular flexibility index (Phi) is 5.31. The van der Waals surface area contributed by atoms with Crippen LogP contribution in [-0.4, -0.2) is 42.3 Å². The number of amides is 1. The molecule has 1 saturated heterocycles. The van der Waals surface area contributed by atoms with Gasteiger partial charge in [-0.25, -0.2) is 4.98 Å². The van der Waals surface area contributed by atoms with Gasteiger partial charge in [-0.05, 0) is 18.6 Å². The van der Waals surface area contributed by atoms with Crippen molar-refractivity contribution in [1.29, 1.82) is 0 Å². The van der Waals surface area contributed by atoms with Crippen LogP contribution in [-0.2, 0) is 21.7 Å². The molecule has 1 atom stereocenters. The number of carbonyl (C=O) groups excluding carboxylic acids is 1. The van der Waals surface area contributed by atoms with Crippen molar-refractivity contribution in [3.8, 4) is 0 Å². The molecule has 1 fully saturated rings. The van der Waals surface area contributed by atoms with Crippen LogP contribution < -0.4 is 10.2 Å². The van der Waals surface area contributed by atoms with Crippen LogP contribution in [0.3, 0.4) is 0 Å². The van der Waals surface area contributed by atoms with Gasteiger partial charge in [0.2, 0.25) is 0 Å². The minimum atomic E-state index is -1.58. The van der Waals surface area contributed by atoms with E-state index in [4.69, 9.17) is 4.74 Å². The van der Waals surface area contributed by atoms with Crippen molar-refractivity contribution >= 4 is 11.7 Å². The molecule has 3 rings (SSSR count). The topological polar surface area (TPSA) is 74.7 Å². The van der Waals surface area contributed by atoms with E-state index in [-0.39, 0.29) is 0 Å². The summed E-state index contributed by atoms with van der Waals surface area (Å²) in [5.41, 5.74) is -0.100. The lowest BCUT2D eigenvalue weighted by Gasteiger charge is -2.29. The lowest BCUT2D eigenvalue weighted by molar-refractivity contribution is -0.139. The number of pyridine rings is 1. The van der Waals surface area contributed by atoms with E-state index in [1.165, 1.54) is 6.92 Å². The monoisotopic (exact) mass is 341 g/mol. The van der Waals surface area contributed by atoms with Crippen molar-refractivity contribution in [1.82, 2.24) is 10.3 Å². The second-order valence-corrected chi connectivity index (χ2v) is 6.21. The summed E-state index contributed by atoms with van der Waals surface area (Å²) in [4.78, 5) is 19.1. The quantitative estimate of drug-likeness (QED) is 0.861. The van der Waals surface area contributed by atoms with Crippen LogP contribution in [0.25, 0.3) is 0 Å². The summed E-state index contributed by atoms with van der Waals surface area (Å²) < 4.78 is 5.38. The first-order chi connectivity index (χ1) is 12.1. The number of nitrogens with zero attached hydrogens (tertiary/aromatic N) is 2. The van der Waals surface area contributed by atoms with E-state index in [0.717, 1.165) is 24.5 Å². The molecule has 2 heterocycles. The average Bonchev–Trinajstić information content (AvgIpc) is 2.67. The molecular formula is C19H23N3O3. The number of ether oxygens (including phenoxy) is 1. The molecule has 0 aliphatic carbocycles. The van der Waals surface area contributed by atoms with Crippen LogP contribution in [0.15, 0.2) is 48.7 Å². The first kappa shape index (κ1) is 17.4. The van der Waals surface area contributed by atoms with Gasteiger partial charge in [0.05, 0.1) is 13.2 Å². The molecule has 0 bridgehead atoms. The van der Waals surface area contributed by atoms with Gasteiger partial charge in [-0.2, -0.15) is 0 Å². The van der Waals surface area contributed by atoms with Crippen LogP contribution >= 0.6 is 0 Å². The lowest BCUT2D eigenvalue weighted by Crippen LogP contribution is -2.42. The summed E-state index contributed by atoms with van der Waals surface area (Å²) in [5, 5.41) is 13.4. The van der Waals surface area contributed by atoms with Crippen molar-refractivity contribution < 1.29 is 14.6 Å². The van der Waals surface area contributed by atoms with E-state index >= 15 is 0 Å². The summed E-state index contributed by atoms with van der Waals surface area (Å²) in [6.45, 7) is 4.71. The normalized spacial score (nSPS) is 17.0. The SMILES string of the molecule is CC(O)(C(=O)NCc1cccnc1N1CCOCC1)c1ccccc1. The molecule has 6 heteroatoms. The van der Waals surface area contributed by atoms with Gasteiger partial charge in [-0.3, -0.25) is 4.79 Å². The molecule has 2 N–H and O–H groups in total. The summed E-state index contributed by atoms with van der Waals surface area (Å²) in [6, 6.07) is 12.7. The van der Waals surface area contributed by atoms with Crippen LogP contribution in [0, 0.1) is 0 Å². The molecule has 1 unspecified atom stereocenters. The number of anilines is 1. The number of rotatable bonds is 5. The minimum absolute atomic E-state index is 0.308. The van der Waals surface area contributed by atoms with Gasteiger partial charge in [-0.1, -0.05) is 36.4 Å². The second kappa shape index (κ2) is 7.63. The van der Waals surface area contributed by atoms with Crippen molar-refractivity contribution in [2.45, 2.75) is 19.1 Å². The number of hydrogen-bond acceptors (Lipinski definition) is 5. The van der Waals surface area contributed by atoms with Crippen molar-refractivity contribution in [2.75, 3.05) is 31.2 Å². The highest BCUT2D eigenvalue weighted by molar-refractivity contribution is 5.85. The van der Waals surface area contributed by atoms with Crippen LogP contribution in [0.4, 0.5) is 5.82 Å². The highest BCUT2D eigenvalue weighted by atomic mass is 16.5.